The standard InChI is InChI=1S/C28H38N2O3/c1-5-25(28(32)29-24-9-7-6-8-10-24)30(18-23-14-11-20(2)12-15-23)27(31)19-33-26-16-13-21(3)17-22(26)4/h11-17,24-25H,5-10,18-19H2,1-4H3,(H,29,32)/t25-/m0/s1. The molecule has 5 heteroatoms. The van der Waals surface area contributed by atoms with Crippen LogP contribution in [0.15, 0.2) is 42.5 Å². The van der Waals surface area contributed by atoms with E-state index >= 15 is 0 Å². The van der Waals surface area contributed by atoms with Gasteiger partial charge in [0, 0.05) is 12.6 Å². The summed E-state index contributed by atoms with van der Waals surface area (Å²) in [6.07, 6.45) is 6.12. The second-order valence-electron chi connectivity index (χ2n) is 9.33. The number of amides is 2. The molecular formula is C28H38N2O3. The van der Waals surface area contributed by atoms with Crippen LogP contribution in [0.3, 0.4) is 0 Å². The van der Waals surface area contributed by atoms with Crippen molar-refractivity contribution in [3.8, 4) is 5.75 Å². The van der Waals surface area contributed by atoms with Gasteiger partial charge in [-0.2, -0.15) is 0 Å². The number of carbonyl (C=O) groups excluding carboxylic acids is 2. The van der Waals surface area contributed by atoms with Crippen LogP contribution < -0.4 is 10.1 Å². The number of carbonyl (C=O) groups is 2. The van der Waals surface area contributed by atoms with Crippen LogP contribution in [-0.4, -0.2) is 35.4 Å². The molecule has 0 unspecified atom stereocenters. The minimum absolute atomic E-state index is 0.0589. The summed E-state index contributed by atoms with van der Waals surface area (Å²) >= 11 is 0. The first-order valence-electron chi connectivity index (χ1n) is 12.2. The molecule has 0 heterocycles. The fraction of sp³-hybridized carbons (Fsp3) is 0.500. The Labute approximate surface area is 198 Å². The molecule has 1 fully saturated rings. The van der Waals surface area contributed by atoms with Gasteiger partial charge >= 0.3 is 0 Å². The summed E-state index contributed by atoms with van der Waals surface area (Å²) in [5, 5.41) is 3.22. The van der Waals surface area contributed by atoms with E-state index in [0.29, 0.717) is 18.7 Å². The van der Waals surface area contributed by atoms with Crippen molar-refractivity contribution in [2.24, 2.45) is 0 Å². The van der Waals surface area contributed by atoms with Crippen molar-refractivity contribution >= 4 is 11.8 Å². The van der Waals surface area contributed by atoms with E-state index in [4.69, 9.17) is 4.74 Å². The zero-order chi connectivity index (χ0) is 23.8. The number of nitrogens with zero attached hydrogens (tertiary/aromatic N) is 1. The predicted molar refractivity (Wildman–Crippen MR) is 132 cm³/mol. The minimum atomic E-state index is -0.525. The third kappa shape index (κ3) is 7.08. The molecule has 3 rings (SSSR count). The Hall–Kier alpha value is -2.82. The molecule has 33 heavy (non-hydrogen) atoms. The molecule has 0 bridgehead atoms. The van der Waals surface area contributed by atoms with Gasteiger partial charge in [0.15, 0.2) is 6.61 Å². The van der Waals surface area contributed by atoms with E-state index in [1.807, 2.05) is 70.2 Å². The highest BCUT2D eigenvalue weighted by Gasteiger charge is 2.30. The van der Waals surface area contributed by atoms with E-state index in [1.54, 1.807) is 4.90 Å². The van der Waals surface area contributed by atoms with Crippen LogP contribution in [0.5, 0.6) is 5.75 Å². The summed E-state index contributed by atoms with van der Waals surface area (Å²) in [6.45, 7) is 8.29. The molecule has 1 aliphatic rings. The van der Waals surface area contributed by atoms with E-state index in [0.717, 1.165) is 47.9 Å². The van der Waals surface area contributed by atoms with E-state index < -0.39 is 6.04 Å². The van der Waals surface area contributed by atoms with E-state index in [9.17, 15) is 9.59 Å². The van der Waals surface area contributed by atoms with Crippen LogP contribution in [-0.2, 0) is 16.1 Å². The monoisotopic (exact) mass is 450 g/mol. The summed E-state index contributed by atoms with van der Waals surface area (Å²) in [7, 11) is 0. The summed E-state index contributed by atoms with van der Waals surface area (Å²) in [5.41, 5.74) is 4.31. The Morgan fingerprint density at radius 1 is 1.00 bits per heavy atom. The molecule has 0 spiro atoms. The molecule has 1 aliphatic carbocycles. The molecule has 0 saturated heterocycles. The Bertz CT molecular complexity index is 933. The number of benzene rings is 2. The first-order valence-corrected chi connectivity index (χ1v) is 12.2. The normalized spacial score (nSPS) is 15.0. The van der Waals surface area contributed by atoms with Crippen molar-refractivity contribution in [1.82, 2.24) is 10.2 Å². The second kappa shape index (κ2) is 11.9. The minimum Gasteiger partial charge on any atom is -0.483 e. The third-order valence-electron chi connectivity index (χ3n) is 6.49. The average Bonchev–Trinajstić information content (AvgIpc) is 2.80. The van der Waals surface area contributed by atoms with Crippen LogP contribution in [0.2, 0.25) is 0 Å². The fourth-order valence-corrected chi connectivity index (χ4v) is 4.54. The lowest BCUT2D eigenvalue weighted by Gasteiger charge is -2.32. The van der Waals surface area contributed by atoms with Crippen molar-refractivity contribution in [3.63, 3.8) is 0 Å². The number of nitrogens with one attached hydrogen (secondary N) is 1. The average molecular weight is 451 g/mol. The van der Waals surface area contributed by atoms with Crippen molar-refractivity contribution in [2.45, 2.75) is 84.8 Å². The van der Waals surface area contributed by atoms with Gasteiger partial charge in [0.05, 0.1) is 0 Å². The molecule has 0 aliphatic heterocycles. The highest BCUT2D eigenvalue weighted by atomic mass is 16.5. The largest absolute Gasteiger partial charge is 0.483 e. The molecule has 1 N–H and O–H groups in total. The highest BCUT2D eigenvalue weighted by Crippen LogP contribution is 2.21. The Morgan fingerprint density at radius 3 is 2.30 bits per heavy atom. The lowest BCUT2D eigenvalue weighted by molar-refractivity contribution is -0.143. The number of hydrogen-bond acceptors (Lipinski definition) is 3. The third-order valence-corrected chi connectivity index (χ3v) is 6.49. The SMILES string of the molecule is CC[C@@H](C(=O)NC1CCCCC1)N(Cc1ccc(C)cc1)C(=O)COc1ccc(C)cc1C. The molecule has 1 saturated carbocycles. The first-order chi connectivity index (χ1) is 15.9. The zero-order valence-electron chi connectivity index (χ0n) is 20.5. The van der Waals surface area contributed by atoms with Crippen LogP contribution in [0.25, 0.3) is 0 Å². The maximum Gasteiger partial charge on any atom is 0.261 e. The van der Waals surface area contributed by atoms with Crippen molar-refractivity contribution in [2.75, 3.05) is 6.61 Å². The molecule has 2 amide bonds. The molecule has 178 valence electrons. The van der Waals surface area contributed by atoms with Crippen molar-refractivity contribution < 1.29 is 14.3 Å². The van der Waals surface area contributed by atoms with Gasteiger partial charge in [-0.1, -0.05) is 73.7 Å². The number of hydrogen-bond donors (Lipinski definition) is 1. The zero-order valence-corrected chi connectivity index (χ0v) is 20.5. The van der Waals surface area contributed by atoms with Crippen LogP contribution in [0, 0.1) is 20.8 Å². The smallest absolute Gasteiger partial charge is 0.261 e. The lowest BCUT2D eigenvalue weighted by Crippen LogP contribution is -2.52. The van der Waals surface area contributed by atoms with Gasteiger partial charge in [0.25, 0.3) is 5.91 Å². The van der Waals surface area contributed by atoms with Gasteiger partial charge in [0.2, 0.25) is 5.91 Å². The molecule has 2 aromatic rings. The predicted octanol–water partition coefficient (Wildman–Crippen LogP) is 5.25. The fourth-order valence-electron chi connectivity index (χ4n) is 4.54. The van der Waals surface area contributed by atoms with Crippen LogP contribution in [0.1, 0.15) is 67.7 Å². The van der Waals surface area contributed by atoms with E-state index in [-0.39, 0.29) is 24.5 Å². The Balaban J connectivity index is 1.76. The number of aryl methyl sites for hydroxylation is 3. The molecule has 0 radical (unpaired) electrons. The van der Waals surface area contributed by atoms with Gasteiger partial charge in [-0.25, -0.2) is 0 Å². The van der Waals surface area contributed by atoms with E-state index in [2.05, 4.69) is 5.32 Å². The van der Waals surface area contributed by atoms with Gasteiger partial charge in [-0.15, -0.1) is 0 Å². The maximum atomic E-state index is 13.4. The second-order valence-corrected chi connectivity index (χ2v) is 9.33. The quantitative estimate of drug-likeness (QED) is 0.568. The number of ether oxygens (including phenoxy) is 1. The van der Waals surface area contributed by atoms with Gasteiger partial charge < -0.3 is 15.0 Å². The van der Waals surface area contributed by atoms with Crippen LogP contribution in [0.4, 0.5) is 0 Å². The highest BCUT2D eigenvalue weighted by molar-refractivity contribution is 5.88. The topological polar surface area (TPSA) is 58.6 Å². The molecule has 1 atom stereocenters. The molecular weight excluding hydrogens is 412 g/mol. The van der Waals surface area contributed by atoms with Gasteiger partial charge in [-0.05, 0) is 57.2 Å². The van der Waals surface area contributed by atoms with Crippen molar-refractivity contribution in [3.05, 3.63) is 64.7 Å². The molecule has 0 aromatic heterocycles. The van der Waals surface area contributed by atoms with Gasteiger partial charge in [-0.3, -0.25) is 9.59 Å². The molecule has 2 aromatic carbocycles. The maximum absolute atomic E-state index is 13.4. The van der Waals surface area contributed by atoms with Crippen LogP contribution >= 0.6 is 0 Å². The first kappa shape index (κ1) is 24.8. The Morgan fingerprint density at radius 2 is 1.67 bits per heavy atom. The summed E-state index contributed by atoms with van der Waals surface area (Å²) < 4.78 is 5.89. The van der Waals surface area contributed by atoms with Crippen molar-refractivity contribution in [1.29, 1.82) is 0 Å². The summed E-state index contributed by atoms with van der Waals surface area (Å²) in [5.74, 6) is 0.460. The number of rotatable bonds is 9. The summed E-state index contributed by atoms with van der Waals surface area (Å²) in [6, 6.07) is 13.7. The molecule has 5 nitrogen and oxygen atoms in total. The Kier molecular flexibility index (Phi) is 8.93. The summed E-state index contributed by atoms with van der Waals surface area (Å²) in [4.78, 5) is 28.3. The lowest BCUT2D eigenvalue weighted by atomic mass is 9.95. The van der Waals surface area contributed by atoms with Gasteiger partial charge in [0.1, 0.15) is 11.8 Å². The van der Waals surface area contributed by atoms with E-state index in [1.165, 1.54) is 6.42 Å².